The largest absolute Gasteiger partial charge is 0.379 e. The molecule has 0 aliphatic carbocycles. The van der Waals surface area contributed by atoms with Crippen LogP contribution in [0.4, 0.5) is 0 Å². The molecule has 0 aromatic heterocycles. The molecule has 1 amide bonds. The van der Waals surface area contributed by atoms with E-state index in [1.165, 1.54) is 0 Å². The highest BCUT2D eigenvalue weighted by Gasteiger charge is 2.20. The normalized spacial score (nSPS) is 21.2. The fourth-order valence-electron chi connectivity index (χ4n) is 1.86. The number of morpholine rings is 1. The van der Waals surface area contributed by atoms with E-state index in [1.807, 2.05) is 20.8 Å². The first-order valence-electron chi connectivity index (χ1n) is 6.36. The third-order valence-electron chi connectivity index (χ3n) is 3.05. The maximum Gasteiger partial charge on any atom is 0.237 e. The molecular weight excluding hydrogens is 218 g/mol. The summed E-state index contributed by atoms with van der Waals surface area (Å²) in [5, 5.41) is 2.96. The van der Waals surface area contributed by atoms with Gasteiger partial charge in [-0.15, -0.1) is 0 Å². The third kappa shape index (κ3) is 5.02. The van der Waals surface area contributed by atoms with E-state index >= 15 is 0 Å². The van der Waals surface area contributed by atoms with Gasteiger partial charge in [0, 0.05) is 25.7 Å². The second-order valence-corrected chi connectivity index (χ2v) is 5.09. The number of amides is 1. The molecule has 1 unspecified atom stereocenters. The zero-order valence-electron chi connectivity index (χ0n) is 11.1. The highest BCUT2D eigenvalue weighted by atomic mass is 16.5. The van der Waals surface area contributed by atoms with Crippen molar-refractivity contribution in [3.05, 3.63) is 0 Å². The van der Waals surface area contributed by atoms with E-state index in [2.05, 4.69) is 10.2 Å². The molecule has 0 saturated carbocycles. The van der Waals surface area contributed by atoms with E-state index in [-0.39, 0.29) is 17.9 Å². The maximum absolute atomic E-state index is 11.8. The number of carbonyl (C=O) groups excluding carboxylic acids is 1. The Bertz CT molecular complexity index is 240. The minimum atomic E-state index is -0.415. The molecule has 5 heteroatoms. The van der Waals surface area contributed by atoms with Gasteiger partial charge in [0.25, 0.3) is 0 Å². The van der Waals surface area contributed by atoms with Gasteiger partial charge in [-0.3, -0.25) is 9.69 Å². The van der Waals surface area contributed by atoms with Crippen LogP contribution in [0.5, 0.6) is 0 Å². The molecule has 0 spiro atoms. The van der Waals surface area contributed by atoms with Crippen LogP contribution < -0.4 is 11.1 Å². The van der Waals surface area contributed by atoms with Crippen LogP contribution in [-0.4, -0.2) is 55.7 Å². The lowest BCUT2D eigenvalue weighted by atomic mass is 10.0. The molecule has 0 aromatic carbocycles. The van der Waals surface area contributed by atoms with Gasteiger partial charge in [-0.25, -0.2) is 0 Å². The monoisotopic (exact) mass is 243 g/mol. The summed E-state index contributed by atoms with van der Waals surface area (Å²) in [6.45, 7) is 10.2. The first-order chi connectivity index (χ1) is 8.00. The standard InChI is InChI=1S/C12H25N3O2/c1-9(2)11(13)12(16)14-10(3)8-15-4-6-17-7-5-15/h9-11H,4-8,13H2,1-3H3,(H,14,16)/t10?,11-/m0/s1. The zero-order chi connectivity index (χ0) is 12.8. The summed E-state index contributed by atoms with van der Waals surface area (Å²) in [7, 11) is 0. The SMILES string of the molecule is CC(CN1CCOCC1)NC(=O)[C@@H](N)C(C)C. The Labute approximate surface area is 104 Å². The average molecular weight is 243 g/mol. The topological polar surface area (TPSA) is 67.6 Å². The molecule has 1 saturated heterocycles. The summed E-state index contributed by atoms with van der Waals surface area (Å²) in [4.78, 5) is 14.1. The Balaban J connectivity index is 2.28. The lowest BCUT2D eigenvalue weighted by Crippen LogP contribution is -2.51. The first-order valence-corrected chi connectivity index (χ1v) is 6.36. The molecule has 1 heterocycles. The van der Waals surface area contributed by atoms with Crippen LogP contribution in [-0.2, 0) is 9.53 Å². The highest BCUT2D eigenvalue weighted by Crippen LogP contribution is 2.01. The number of hydrogen-bond acceptors (Lipinski definition) is 4. The zero-order valence-corrected chi connectivity index (χ0v) is 11.1. The van der Waals surface area contributed by atoms with Gasteiger partial charge in [-0.1, -0.05) is 13.8 Å². The Hall–Kier alpha value is -0.650. The molecule has 1 rings (SSSR count). The van der Waals surface area contributed by atoms with Gasteiger partial charge < -0.3 is 15.8 Å². The lowest BCUT2D eigenvalue weighted by molar-refractivity contribution is -0.124. The van der Waals surface area contributed by atoms with Gasteiger partial charge in [0.2, 0.25) is 5.91 Å². The molecule has 3 N–H and O–H groups in total. The Morgan fingerprint density at radius 3 is 2.47 bits per heavy atom. The molecule has 1 aliphatic rings. The molecular formula is C12H25N3O2. The lowest BCUT2D eigenvalue weighted by Gasteiger charge is -2.30. The predicted octanol–water partition coefficient (Wildman–Crippen LogP) is -0.193. The second kappa shape index (κ2) is 6.93. The number of rotatable bonds is 5. The summed E-state index contributed by atoms with van der Waals surface area (Å²) >= 11 is 0. The van der Waals surface area contributed by atoms with Crippen LogP contribution in [0.3, 0.4) is 0 Å². The number of carbonyl (C=O) groups is 1. The fourth-order valence-corrected chi connectivity index (χ4v) is 1.86. The average Bonchev–Trinajstić information content (AvgIpc) is 2.28. The predicted molar refractivity (Wildman–Crippen MR) is 67.7 cm³/mol. The van der Waals surface area contributed by atoms with Crippen molar-refractivity contribution in [1.29, 1.82) is 0 Å². The van der Waals surface area contributed by atoms with Gasteiger partial charge in [0.15, 0.2) is 0 Å². The van der Waals surface area contributed by atoms with Crippen LogP contribution >= 0.6 is 0 Å². The van der Waals surface area contributed by atoms with E-state index in [4.69, 9.17) is 10.5 Å². The van der Waals surface area contributed by atoms with Crippen molar-refractivity contribution < 1.29 is 9.53 Å². The van der Waals surface area contributed by atoms with Gasteiger partial charge in [0.05, 0.1) is 19.3 Å². The van der Waals surface area contributed by atoms with Crippen LogP contribution in [0.2, 0.25) is 0 Å². The fraction of sp³-hybridized carbons (Fsp3) is 0.917. The smallest absolute Gasteiger partial charge is 0.237 e. The number of nitrogens with two attached hydrogens (primary N) is 1. The molecule has 0 bridgehead atoms. The third-order valence-corrected chi connectivity index (χ3v) is 3.05. The number of nitrogens with one attached hydrogen (secondary N) is 1. The Morgan fingerprint density at radius 1 is 1.35 bits per heavy atom. The minimum Gasteiger partial charge on any atom is -0.379 e. The summed E-state index contributed by atoms with van der Waals surface area (Å²) in [5.74, 6) is 0.117. The van der Waals surface area contributed by atoms with Crippen LogP contribution in [0.25, 0.3) is 0 Å². The summed E-state index contributed by atoms with van der Waals surface area (Å²) in [6, 6.07) is -0.285. The molecule has 100 valence electrons. The van der Waals surface area contributed by atoms with Crippen molar-refractivity contribution in [2.45, 2.75) is 32.9 Å². The van der Waals surface area contributed by atoms with E-state index in [1.54, 1.807) is 0 Å². The maximum atomic E-state index is 11.8. The van der Waals surface area contributed by atoms with E-state index in [9.17, 15) is 4.79 Å². The summed E-state index contributed by atoms with van der Waals surface area (Å²) in [5.41, 5.74) is 5.80. The number of ether oxygens (including phenoxy) is 1. The first kappa shape index (κ1) is 14.4. The van der Waals surface area contributed by atoms with Crippen LogP contribution in [0, 0.1) is 5.92 Å². The second-order valence-electron chi connectivity index (χ2n) is 5.09. The van der Waals surface area contributed by atoms with Gasteiger partial charge >= 0.3 is 0 Å². The van der Waals surface area contributed by atoms with Crippen molar-refractivity contribution in [1.82, 2.24) is 10.2 Å². The molecule has 1 aliphatic heterocycles. The number of hydrogen-bond donors (Lipinski definition) is 2. The van der Waals surface area contributed by atoms with Crippen molar-refractivity contribution in [3.63, 3.8) is 0 Å². The highest BCUT2D eigenvalue weighted by molar-refractivity contribution is 5.81. The molecule has 17 heavy (non-hydrogen) atoms. The molecule has 5 nitrogen and oxygen atoms in total. The van der Waals surface area contributed by atoms with Crippen molar-refractivity contribution in [2.75, 3.05) is 32.8 Å². The van der Waals surface area contributed by atoms with Gasteiger partial charge in [-0.2, -0.15) is 0 Å². The molecule has 2 atom stereocenters. The van der Waals surface area contributed by atoms with Crippen LogP contribution in [0.15, 0.2) is 0 Å². The van der Waals surface area contributed by atoms with Gasteiger partial charge in [0.1, 0.15) is 0 Å². The molecule has 0 aromatic rings. The molecule has 0 radical (unpaired) electrons. The van der Waals surface area contributed by atoms with Crippen molar-refractivity contribution in [2.24, 2.45) is 11.7 Å². The van der Waals surface area contributed by atoms with Crippen molar-refractivity contribution in [3.8, 4) is 0 Å². The Kier molecular flexibility index (Phi) is 5.88. The minimum absolute atomic E-state index is 0.0549. The van der Waals surface area contributed by atoms with Crippen molar-refractivity contribution >= 4 is 5.91 Å². The van der Waals surface area contributed by atoms with E-state index < -0.39 is 6.04 Å². The molecule has 1 fully saturated rings. The van der Waals surface area contributed by atoms with Gasteiger partial charge in [-0.05, 0) is 12.8 Å². The quantitative estimate of drug-likeness (QED) is 0.702. The summed E-state index contributed by atoms with van der Waals surface area (Å²) < 4.78 is 5.28. The van der Waals surface area contributed by atoms with E-state index in [0.717, 1.165) is 32.8 Å². The van der Waals surface area contributed by atoms with E-state index in [0.29, 0.717) is 0 Å². The Morgan fingerprint density at radius 2 is 1.94 bits per heavy atom. The summed E-state index contributed by atoms with van der Waals surface area (Å²) in [6.07, 6.45) is 0. The number of nitrogens with zero attached hydrogens (tertiary/aromatic N) is 1. The van der Waals surface area contributed by atoms with Crippen LogP contribution in [0.1, 0.15) is 20.8 Å².